The van der Waals surface area contributed by atoms with Crippen LogP contribution in [-0.2, 0) is 0 Å². The van der Waals surface area contributed by atoms with E-state index in [1.54, 1.807) is 6.07 Å². The lowest BCUT2D eigenvalue weighted by Gasteiger charge is -2.07. The molecule has 0 aliphatic heterocycles. The second kappa shape index (κ2) is 5.36. The maximum absolute atomic E-state index is 12.0. The van der Waals surface area contributed by atoms with Gasteiger partial charge < -0.3 is 9.88 Å². The van der Waals surface area contributed by atoms with Crippen molar-refractivity contribution in [3.05, 3.63) is 73.1 Å². The van der Waals surface area contributed by atoms with E-state index in [4.69, 9.17) is 0 Å². The Kier molecular flexibility index (Phi) is 3.24. The van der Waals surface area contributed by atoms with Gasteiger partial charge in [-0.25, -0.2) is 9.97 Å². The molecule has 0 bridgehead atoms. The van der Waals surface area contributed by atoms with Crippen molar-refractivity contribution in [3.8, 4) is 5.69 Å². The van der Waals surface area contributed by atoms with E-state index in [0.29, 0.717) is 5.69 Å². The molecule has 0 aliphatic rings. The summed E-state index contributed by atoms with van der Waals surface area (Å²) in [6, 6.07) is 13.1. The number of carbonyl (C=O) groups excluding carboxylic acids is 1. The highest BCUT2D eigenvalue weighted by Gasteiger charge is 2.07. The van der Waals surface area contributed by atoms with Crippen LogP contribution in [0.25, 0.3) is 5.69 Å². The first kappa shape index (κ1) is 12.1. The Balaban J connectivity index is 1.82. The summed E-state index contributed by atoms with van der Waals surface area (Å²) in [5.41, 5.74) is 2.04. The van der Waals surface area contributed by atoms with Crippen molar-refractivity contribution in [2.75, 3.05) is 5.32 Å². The number of hydrogen-bond donors (Lipinski definition) is 1. The van der Waals surface area contributed by atoms with Crippen LogP contribution in [0.5, 0.6) is 0 Å². The van der Waals surface area contributed by atoms with Crippen molar-refractivity contribution >= 4 is 11.6 Å². The fourth-order valence-electron chi connectivity index (χ4n) is 1.87. The zero-order valence-electron chi connectivity index (χ0n) is 10.6. The molecule has 0 saturated carbocycles. The molecule has 0 aliphatic carbocycles. The Morgan fingerprint density at radius 3 is 2.70 bits per heavy atom. The first-order chi connectivity index (χ1) is 9.83. The third-order valence-corrected chi connectivity index (χ3v) is 2.82. The first-order valence-electron chi connectivity index (χ1n) is 6.14. The summed E-state index contributed by atoms with van der Waals surface area (Å²) >= 11 is 0. The lowest BCUT2D eigenvalue weighted by molar-refractivity contribution is 0.102. The van der Waals surface area contributed by atoms with Crippen LogP contribution in [0, 0.1) is 0 Å². The smallest absolute Gasteiger partial charge is 0.274 e. The Labute approximate surface area is 115 Å². The zero-order chi connectivity index (χ0) is 13.8. The highest BCUT2D eigenvalue weighted by molar-refractivity contribution is 6.02. The van der Waals surface area contributed by atoms with E-state index in [-0.39, 0.29) is 5.91 Å². The highest BCUT2D eigenvalue weighted by Crippen LogP contribution is 2.15. The van der Waals surface area contributed by atoms with Crippen LogP contribution in [0.3, 0.4) is 0 Å². The maximum Gasteiger partial charge on any atom is 0.274 e. The number of rotatable bonds is 3. The van der Waals surface area contributed by atoms with E-state index in [0.717, 1.165) is 11.4 Å². The van der Waals surface area contributed by atoms with Crippen LogP contribution in [0.4, 0.5) is 5.69 Å². The Bertz CT molecular complexity index is 708. The van der Waals surface area contributed by atoms with E-state index < -0.39 is 0 Å². The molecule has 0 saturated heterocycles. The van der Waals surface area contributed by atoms with E-state index in [9.17, 15) is 4.79 Å². The van der Waals surface area contributed by atoms with Crippen molar-refractivity contribution < 1.29 is 4.79 Å². The van der Waals surface area contributed by atoms with Crippen LogP contribution in [0.15, 0.2) is 67.4 Å². The average molecular weight is 264 g/mol. The van der Waals surface area contributed by atoms with Gasteiger partial charge in [0.25, 0.3) is 5.91 Å². The van der Waals surface area contributed by atoms with Crippen molar-refractivity contribution in [2.45, 2.75) is 0 Å². The standard InChI is InChI=1S/C15H12N4O/c20-15(14-6-7-16-11-17-14)18-12-4-3-5-13(10-12)19-8-1-2-9-19/h1-11H,(H,18,20). The van der Waals surface area contributed by atoms with Crippen molar-refractivity contribution in [1.82, 2.24) is 14.5 Å². The Morgan fingerprint density at radius 1 is 1.10 bits per heavy atom. The third kappa shape index (κ3) is 2.56. The minimum atomic E-state index is -0.253. The number of aromatic nitrogens is 3. The number of amides is 1. The fraction of sp³-hybridized carbons (Fsp3) is 0. The maximum atomic E-state index is 12.0. The highest BCUT2D eigenvalue weighted by atomic mass is 16.1. The summed E-state index contributed by atoms with van der Waals surface area (Å²) in [6.07, 6.45) is 6.79. The van der Waals surface area contributed by atoms with E-state index >= 15 is 0 Å². The first-order valence-corrected chi connectivity index (χ1v) is 6.14. The molecular formula is C15H12N4O. The molecule has 98 valence electrons. The second-order valence-corrected chi connectivity index (χ2v) is 4.19. The van der Waals surface area contributed by atoms with Gasteiger partial charge in [0.1, 0.15) is 12.0 Å². The SMILES string of the molecule is O=C(Nc1cccc(-n2cccc2)c1)c1ccncn1. The van der Waals surface area contributed by atoms with Gasteiger partial charge in [-0.3, -0.25) is 4.79 Å². The summed E-state index contributed by atoms with van der Waals surface area (Å²) in [5, 5.41) is 2.82. The summed E-state index contributed by atoms with van der Waals surface area (Å²) in [5.74, 6) is -0.253. The molecule has 1 amide bonds. The molecule has 5 heteroatoms. The van der Waals surface area contributed by atoms with Gasteiger partial charge in [-0.2, -0.15) is 0 Å². The molecule has 0 spiro atoms. The molecule has 3 rings (SSSR count). The van der Waals surface area contributed by atoms with Gasteiger partial charge in [0.15, 0.2) is 0 Å². The van der Waals surface area contributed by atoms with Crippen molar-refractivity contribution in [2.24, 2.45) is 0 Å². The van der Waals surface area contributed by atoms with E-state index in [1.807, 2.05) is 53.4 Å². The largest absolute Gasteiger partial charge is 0.324 e. The van der Waals surface area contributed by atoms with Gasteiger partial charge in [0, 0.05) is 30.0 Å². The number of carbonyl (C=O) groups is 1. The minimum absolute atomic E-state index is 0.253. The van der Waals surface area contributed by atoms with Gasteiger partial charge in [-0.1, -0.05) is 6.07 Å². The molecule has 5 nitrogen and oxygen atoms in total. The van der Waals surface area contributed by atoms with Crippen LogP contribution in [-0.4, -0.2) is 20.4 Å². The predicted octanol–water partition coefficient (Wildman–Crippen LogP) is 2.52. The number of nitrogens with zero attached hydrogens (tertiary/aromatic N) is 3. The number of benzene rings is 1. The van der Waals surface area contributed by atoms with Gasteiger partial charge in [0.2, 0.25) is 0 Å². The van der Waals surface area contributed by atoms with Crippen LogP contribution in [0.1, 0.15) is 10.5 Å². The Hall–Kier alpha value is -2.95. The number of hydrogen-bond acceptors (Lipinski definition) is 3. The normalized spacial score (nSPS) is 10.2. The lowest BCUT2D eigenvalue weighted by Crippen LogP contribution is -2.13. The van der Waals surface area contributed by atoms with Crippen molar-refractivity contribution in [1.29, 1.82) is 0 Å². The van der Waals surface area contributed by atoms with Crippen LogP contribution < -0.4 is 5.32 Å². The van der Waals surface area contributed by atoms with E-state index in [1.165, 1.54) is 12.5 Å². The zero-order valence-corrected chi connectivity index (χ0v) is 10.6. The molecule has 0 fully saturated rings. The van der Waals surface area contributed by atoms with Gasteiger partial charge in [-0.05, 0) is 36.4 Å². The van der Waals surface area contributed by atoms with Gasteiger partial charge in [-0.15, -0.1) is 0 Å². The third-order valence-electron chi connectivity index (χ3n) is 2.82. The molecule has 0 atom stereocenters. The molecule has 20 heavy (non-hydrogen) atoms. The van der Waals surface area contributed by atoms with Gasteiger partial charge >= 0.3 is 0 Å². The number of anilines is 1. The average Bonchev–Trinajstić information content (AvgIpc) is 3.03. The minimum Gasteiger partial charge on any atom is -0.324 e. The van der Waals surface area contributed by atoms with Crippen LogP contribution >= 0.6 is 0 Å². The fourth-order valence-corrected chi connectivity index (χ4v) is 1.87. The Morgan fingerprint density at radius 2 is 1.95 bits per heavy atom. The van der Waals surface area contributed by atoms with Crippen molar-refractivity contribution in [3.63, 3.8) is 0 Å². The predicted molar refractivity (Wildman–Crippen MR) is 75.8 cm³/mol. The quantitative estimate of drug-likeness (QED) is 0.790. The second-order valence-electron chi connectivity index (χ2n) is 4.19. The summed E-state index contributed by atoms with van der Waals surface area (Å²) in [4.78, 5) is 19.7. The molecule has 1 aromatic carbocycles. The summed E-state index contributed by atoms with van der Waals surface area (Å²) in [6.45, 7) is 0. The summed E-state index contributed by atoms with van der Waals surface area (Å²) < 4.78 is 1.97. The molecule has 0 unspecified atom stereocenters. The molecule has 3 aromatic rings. The lowest BCUT2D eigenvalue weighted by atomic mass is 10.2. The number of nitrogens with one attached hydrogen (secondary N) is 1. The van der Waals surface area contributed by atoms with Crippen LogP contribution in [0.2, 0.25) is 0 Å². The topological polar surface area (TPSA) is 59.8 Å². The molecule has 2 heterocycles. The van der Waals surface area contributed by atoms with E-state index in [2.05, 4.69) is 15.3 Å². The molecule has 2 aromatic heterocycles. The monoisotopic (exact) mass is 264 g/mol. The van der Waals surface area contributed by atoms with Gasteiger partial charge in [0.05, 0.1) is 0 Å². The molecule has 0 radical (unpaired) electrons. The molecule has 1 N–H and O–H groups in total. The summed E-state index contributed by atoms with van der Waals surface area (Å²) in [7, 11) is 0. The molecular weight excluding hydrogens is 252 g/mol.